The second-order valence-corrected chi connectivity index (χ2v) is 6.72. The van der Waals surface area contributed by atoms with E-state index in [1.165, 1.54) is 0 Å². The molecule has 120 valence electrons. The highest BCUT2D eigenvalue weighted by molar-refractivity contribution is 7.09. The molecule has 3 rings (SSSR count). The molecule has 0 unspecified atom stereocenters. The molecule has 0 radical (unpaired) electrons. The maximum atomic E-state index is 12.9. The Kier molecular flexibility index (Phi) is 3.89. The Morgan fingerprint density at radius 2 is 1.96 bits per heavy atom. The number of aromatic nitrogens is 4. The minimum absolute atomic E-state index is 0.0807. The molecule has 1 amide bonds. The summed E-state index contributed by atoms with van der Waals surface area (Å²) < 4.78 is 1.73. The number of aryl methyl sites for hydroxylation is 4. The van der Waals surface area contributed by atoms with Crippen LogP contribution < -0.4 is 0 Å². The highest BCUT2D eigenvalue weighted by atomic mass is 32.1. The van der Waals surface area contributed by atoms with Gasteiger partial charge in [0.25, 0.3) is 5.91 Å². The van der Waals surface area contributed by atoms with Gasteiger partial charge < -0.3 is 4.90 Å². The lowest BCUT2D eigenvalue weighted by Gasteiger charge is -2.15. The van der Waals surface area contributed by atoms with Gasteiger partial charge in [0.05, 0.1) is 12.2 Å². The molecule has 7 heteroatoms. The Labute approximate surface area is 138 Å². The quantitative estimate of drug-likeness (QED) is 0.741. The van der Waals surface area contributed by atoms with Gasteiger partial charge in [0, 0.05) is 29.5 Å². The van der Waals surface area contributed by atoms with Crippen molar-refractivity contribution in [2.45, 2.75) is 34.2 Å². The second kappa shape index (κ2) is 5.73. The number of carbonyl (C=O) groups is 1. The van der Waals surface area contributed by atoms with Crippen molar-refractivity contribution in [3.63, 3.8) is 0 Å². The van der Waals surface area contributed by atoms with Crippen molar-refractivity contribution in [1.29, 1.82) is 0 Å². The van der Waals surface area contributed by atoms with Crippen LogP contribution in [0.1, 0.15) is 38.1 Å². The third-order valence-corrected chi connectivity index (χ3v) is 4.62. The first-order valence-electron chi connectivity index (χ1n) is 7.37. The number of hydrogen-bond donors (Lipinski definition) is 0. The molecule has 6 nitrogen and oxygen atoms in total. The van der Waals surface area contributed by atoms with Crippen molar-refractivity contribution in [3.8, 4) is 0 Å². The van der Waals surface area contributed by atoms with Crippen molar-refractivity contribution < 1.29 is 4.79 Å². The first-order chi connectivity index (χ1) is 10.9. The lowest BCUT2D eigenvalue weighted by atomic mass is 10.2. The molecule has 0 fully saturated rings. The Morgan fingerprint density at radius 1 is 1.22 bits per heavy atom. The summed E-state index contributed by atoms with van der Waals surface area (Å²) in [4.78, 5) is 23.5. The standard InChI is InChI=1S/C16H19N5OS/c1-9-6-11(3)21-15(18-9)14(12(4)19-21)16(22)20(5)7-13-17-10(2)8-23-13/h6,8H,7H2,1-5H3. The van der Waals surface area contributed by atoms with E-state index in [0.717, 1.165) is 22.1 Å². The molecular weight excluding hydrogens is 310 g/mol. The number of nitrogens with zero attached hydrogens (tertiary/aromatic N) is 5. The average molecular weight is 329 g/mol. The number of hydrogen-bond acceptors (Lipinski definition) is 5. The fourth-order valence-electron chi connectivity index (χ4n) is 2.62. The van der Waals surface area contributed by atoms with Gasteiger partial charge in [-0.3, -0.25) is 4.79 Å². The van der Waals surface area contributed by atoms with Gasteiger partial charge in [-0.2, -0.15) is 5.10 Å². The first kappa shape index (κ1) is 15.6. The van der Waals surface area contributed by atoms with Crippen LogP contribution in [0, 0.1) is 27.7 Å². The van der Waals surface area contributed by atoms with E-state index in [0.29, 0.717) is 23.4 Å². The SMILES string of the molecule is Cc1csc(CN(C)C(=O)c2c(C)nn3c(C)cc(C)nc23)n1. The number of amides is 1. The van der Waals surface area contributed by atoms with Crippen molar-refractivity contribution in [1.82, 2.24) is 24.5 Å². The predicted octanol–water partition coefficient (Wildman–Crippen LogP) is 2.69. The summed E-state index contributed by atoms with van der Waals surface area (Å²) in [6.45, 7) is 8.17. The molecule has 0 saturated heterocycles. The van der Waals surface area contributed by atoms with E-state index in [4.69, 9.17) is 0 Å². The fourth-order valence-corrected chi connectivity index (χ4v) is 3.44. The smallest absolute Gasteiger partial charge is 0.259 e. The van der Waals surface area contributed by atoms with Crippen LogP contribution in [-0.2, 0) is 6.54 Å². The summed E-state index contributed by atoms with van der Waals surface area (Å²) >= 11 is 1.56. The van der Waals surface area contributed by atoms with Gasteiger partial charge in [0.1, 0.15) is 10.6 Å². The maximum Gasteiger partial charge on any atom is 0.259 e. The van der Waals surface area contributed by atoms with Crippen molar-refractivity contribution in [2.75, 3.05) is 7.05 Å². The van der Waals surface area contributed by atoms with E-state index >= 15 is 0 Å². The lowest BCUT2D eigenvalue weighted by Crippen LogP contribution is -2.26. The molecule has 23 heavy (non-hydrogen) atoms. The van der Waals surface area contributed by atoms with Gasteiger partial charge in [-0.25, -0.2) is 14.5 Å². The van der Waals surface area contributed by atoms with Crippen LogP contribution in [-0.4, -0.2) is 37.4 Å². The minimum atomic E-state index is -0.0807. The largest absolute Gasteiger partial charge is 0.335 e. The number of rotatable bonds is 3. The molecule has 3 aromatic rings. The van der Waals surface area contributed by atoms with E-state index in [2.05, 4.69) is 15.1 Å². The van der Waals surface area contributed by atoms with Crippen LogP contribution >= 0.6 is 11.3 Å². The zero-order valence-electron chi connectivity index (χ0n) is 13.9. The highest BCUT2D eigenvalue weighted by Crippen LogP contribution is 2.19. The molecule has 0 N–H and O–H groups in total. The minimum Gasteiger partial charge on any atom is -0.335 e. The molecule has 0 aromatic carbocycles. The summed E-state index contributed by atoms with van der Waals surface area (Å²) in [6.07, 6.45) is 0. The summed E-state index contributed by atoms with van der Waals surface area (Å²) in [5, 5.41) is 7.37. The zero-order chi connectivity index (χ0) is 16.7. The fraction of sp³-hybridized carbons (Fsp3) is 0.375. The van der Waals surface area contributed by atoms with Crippen LogP contribution in [0.25, 0.3) is 5.65 Å². The maximum absolute atomic E-state index is 12.9. The van der Waals surface area contributed by atoms with Crippen molar-refractivity contribution in [3.05, 3.63) is 44.8 Å². The summed E-state index contributed by atoms with van der Waals surface area (Å²) in [5.41, 5.74) is 4.69. The van der Waals surface area contributed by atoms with Gasteiger partial charge >= 0.3 is 0 Å². The topological polar surface area (TPSA) is 63.4 Å². The molecule has 0 saturated carbocycles. The normalized spacial score (nSPS) is 11.2. The summed E-state index contributed by atoms with van der Waals surface area (Å²) in [5.74, 6) is -0.0807. The molecular formula is C16H19N5OS. The van der Waals surface area contributed by atoms with Crippen molar-refractivity contribution in [2.24, 2.45) is 0 Å². The number of fused-ring (bicyclic) bond motifs is 1. The molecule has 0 aliphatic rings. The molecule has 0 bridgehead atoms. The van der Waals surface area contributed by atoms with E-state index < -0.39 is 0 Å². The van der Waals surface area contributed by atoms with Crippen LogP contribution in [0.15, 0.2) is 11.4 Å². The predicted molar refractivity (Wildman–Crippen MR) is 89.8 cm³/mol. The van der Waals surface area contributed by atoms with Gasteiger partial charge in [0.15, 0.2) is 5.65 Å². The Morgan fingerprint density at radius 3 is 2.61 bits per heavy atom. The van der Waals surface area contributed by atoms with E-state index in [1.54, 1.807) is 27.8 Å². The molecule has 0 aliphatic carbocycles. The Bertz CT molecular complexity index is 895. The molecule has 0 spiro atoms. The second-order valence-electron chi connectivity index (χ2n) is 5.78. The van der Waals surface area contributed by atoms with Gasteiger partial charge in [-0.15, -0.1) is 11.3 Å². The molecule has 3 heterocycles. The monoisotopic (exact) mass is 329 g/mol. The third kappa shape index (κ3) is 2.84. The van der Waals surface area contributed by atoms with Crippen LogP contribution in [0.5, 0.6) is 0 Å². The zero-order valence-corrected chi connectivity index (χ0v) is 14.7. The number of thiazole rings is 1. The first-order valence-corrected chi connectivity index (χ1v) is 8.25. The van der Waals surface area contributed by atoms with E-state index in [1.807, 2.05) is 39.1 Å². The summed E-state index contributed by atoms with van der Waals surface area (Å²) in [7, 11) is 1.78. The molecule has 3 aromatic heterocycles. The summed E-state index contributed by atoms with van der Waals surface area (Å²) in [6, 6.07) is 1.95. The van der Waals surface area contributed by atoms with Gasteiger partial charge in [-0.05, 0) is 33.8 Å². The van der Waals surface area contributed by atoms with Crippen LogP contribution in [0.3, 0.4) is 0 Å². The molecule has 0 atom stereocenters. The number of carbonyl (C=O) groups excluding carboxylic acids is 1. The average Bonchev–Trinajstić information content (AvgIpc) is 3.01. The van der Waals surface area contributed by atoms with E-state index in [9.17, 15) is 4.79 Å². The Balaban J connectivity index is 1.98. The van der Waals surface area contributed by atoms with Crippen molar-refractivity contribution >= 4 is 22.9 Å². The highest BCUT2D eigenvalue weighted by Gasteiger charge is 2.23. The molecule has 0 aliphatic heterocycles. The van der Waals surface area contributed by atoms with Gasteiger partial charge in [0.2, 0.25) is 0 Å². The lowest BCUT2D eigenvalue weighted by molar-refractivity contribution is 0.0786. The Hall–Kier alpha value is -2.28. The third-order valence-electron chi connectivity index (χ3n) is 3.67. The van der Waals surface area contributed by atoms with E-state index in [-0.39, 0.29) is 5.91 Å². The van der Waals surface area contributed by atoms with Crippen LogP contribution in [0.4, 0.5) is 0 Å². The van der Waals surface area contributed by atoms with Crippen LogP contribution in [0.2, 0.25) is 0 Å². The van der Waals surface area contributed by atoms with Gasteiger partial charge in [-0.1, -0.05) is 0 Å².